The van der Waals surface area contributed by atoms with Crippen molar-refractivity contribution in [3.05, 3.63) is 64.7 Å². The number of hydrogen-bond donors (Lipinski definition) is 1. The lowest BCUT2D eigenvalue weighted by atomic mass is 10.1. The Bertz CT molecular complexity index is 798. The van der Waals surface area contributed by atoms with Gasteiger partial charge in [0.05, 0.1) is 12.9 Å². The Balaban J connectivity index is 2.04. The number of hydrogen-bond acceptors (Lipinski definition) is 4. The number of ether oxygens (including phenoxy) is 1. The van der Waals surface area contributed by atoms with E-state index in [2.05, 4.69) is 5.32 Å². The second kappa shape index (κ2) is 11.0. The van der Waals surface area contributed by atoms with Crippen molar-refractivity contribution in [2.75, 3.05) is 19.9 Å². The van der Waals surface area contributed by atoms with E-state index in [9.17, 15) is 9.59 Å². The minimum absolute atomic E-state index is 0.0843. The largest absolute Gasteiger partial charge is 0.497 e. The Morgan fingerprint density at radius 3 is 2.50 bits per heavy atom. The van der Waals surface area contributed by atoms with Gasteiger partial charge in [-0.05, 0) is 42.3 Å². The summed E-state index contributed by atoms with van der Waals surface area (Å²) in [5, 5.41) is 3.30. The van der Waals surface area contributed by atoms with Crippen LogP contribution >= 0.6 is 23.4 Å². The fourth-order valence-electron chi connectivity index (χ4n) is 2.69. The van der Waals surface area contributed by atoms with Gasteiger partial charge in [0.15, 0.2) is 0 Å². The maximum atomic E-state index is 12.9. The van der Waals surface area contributed by atoms with Crippen LogP contribution in [0.2, 0.25) is 5.02 Å². The van der Waals surface area contributed by atoms with Gasteiger partial charge in [-0.2, -0.15) is 0 Å². The van der Waals surface area contributed by atoms with Crippen LogP contribution in [0.15, 0.2) is 48.5 Å². The van der Waals surface area contributed by atoms with E-state index in [0.29, 0.717) is 17.3 Å². The van der Waals surface area contributed by atoms with E-state index in [4.69, 9.17) is 16.3 Å². The Hall–Kier alpha value is -2.18. The van der Waals surface area contributed by atoms with Crippen LogP contribution in [0.25, 0.3) is 0 Å². The summed E-state index contributed by atoms with van der Waals surface area (Å²) in [7, 11) is 3.18. The van der Waals surface area contributed by atoms with Crippen LogP contribution < -0.4 is 10.1 Å². The quantitative estimate of drug-likeness (QED) is 0.671. The number of halogens is 1. The van der Waals surface area contributed by atoms with Crippen molar-refractivity contribution in [1.82, 2.24) is 10.2 Å². The first-order chi connectivity index (χ1) is 13.4. The van der Waals surface area contributed by atoms with Crippen LogP contribution in [-0.4, -0.2) is 42.7 Å². The van der Waals surface area contributed by atoms with Crippen LogP contribution in [-0.2, 0) is 21.9 Å². The summed E-state index contributed by atoms with van der Waals surface area (Å²) in [5.74, 6) is 1.43. The molecule has 0 saturated heterocycles. The zero-order chi connectivity index (χ0) is 20.5. The highest BCUT2D eigenvalue weighted by atomic mass is 35.5. The predicted octanol–water partition coefficient (Wildman–Crippen LogP) is 3.75. The normalized spacial score (nSPS) is 11.6. The van der Waals surface area contributed by atoms with Crippen molar-refractivity contribution in [3.8, 4) is 5.75 Å². The molecule has 2 aromatic carbocycles. The molecule has 0 saturated carbocycles. The number of likely N-dealkylation sites (N-methyl/N-ethyl adjacent to an activating group) is 1. The molecule has 28 heavy (non-hydrogen) atoms. The lowest BCUT2D eigenvalue weighted by Gasteiger charge is -2.28. The smallest absolute Gasteiger partial charge is 0.242 e. The van der Waals surface area contributed by atoms with E-state index in [1.165, 1.54) is 11.8 Å². The molecule has 0 aliphatic heterocycles. The van der Waals surface area contributed by atoms with Crippen molar-refractivity contribution in [1.29, 1.82) is 0 Å². The average Bonchev–Trinajstić information content (AvgIpc) is 2.71. The van der Waals surface area contributed by atoms with E-state index >= 15 is 0 Å². The maximum Gasteiger partial charge on any atom is 0.242 e. The number of rotatable bonds is 9. The highest BCUT2D eigenvalue weighted by molar-refractivity contribution is 7.99. The van der Waals surface area contributed by atoms with Gasteiger partial charge in [-0.15, -0.1) is 11.8 Å². The molecule has 7 heteroatoms. The van der Waals surface area contributed by atoms with Gasteiger partial charge in [0.2, 0.25) is 11.8 Å². The molecule has 1 atom stereocenters. The molecule has 1 N–H and O–H groups in total. The third-order valence-corrected chi connectivity index (χ3v) is 5.53. The van der Waals surface area contributed by atoms with Crippen molar-refractivity contribution in [3.63, 3.8) is 0 Å². The molecule has 0 bridgehead atoms. The van der Waals surface area contributed by atoms with E-state index < -0.39 is 6.04 Å². The first-order valence-electron chi connectivity index (χ1n) is 8.90. The van der Waals surface area contributed by atoms with Gasteiger partial charge in [0, 0.05) is 24.4 Å². The average molecular weight is 421 g/mol. The van der Waals surface area contributed by atoms with Crippen LogP contribution in [0.3, 0.4) is 0 Å². The Morgan fingerprint density at radius 2 is 1.89 bits per heavy atom. The van der Waals surface area contributed by atoms with E-state index in [0.717, 1.165) is 16.9 Å². The van der Waals surface area contributed by atoms with Gasteiger partial charge >= 0.3 is 0 Å². The van der Waals surface area contributed by atoms with Gasteiger partial charge in [-0.25, -0.2) is 0 Å². The molecule has 0 heterocycles. The van der Waals surface area contributed by atoms with Crippen molar-refractivity contribution >= 4 is 35.2 Å². The first kappa shape index (κ1) is 22.1. The molecule has 0 aromatic heterocycles. The first-order valence-corrected chi connectivity index (χ1v) is 10.4. The van der Waals surface area contributed by atoms with Crippen molar-refractivity contribution < 1.29 is 14.3 Å². The molecule has 0 radical (unpaired) electrons. The highest BCUT2D eigenvalue weighted by Gasteiger charge is 2.25. The maximum absolute atomic E-state index is 12.9. The SMILES string of the molecule is CNC(=O)C(C)N(Cc1ccc(OC)cc1)C(=O)CSCc1cccc(Cl)c1. The number of thioether (sulfide) groups is 1. The molecule has 150 valence electrons. The number of amides is 2. The minimum atomic E-state index is -0.564. The van der Waals surface area contributed by atoms with Crippen molar-refractivity contribution in [2.45, 2.75) is 25.3 Å². The second-order valence-corrected chi connectivity index (χ2v) is 7.70. The number of nitrogens with zero attached hydrogens (tertiary/aromatic N) is 1. The molecule has 2 aromatic rings. The second-order valence-electron chi connectivity index (χ2n) is 6.28. The summed E-state index contributed by atoms with van der Waals surface area (Å²) in [6.07, 6.45) is 0. The topological polar surface area (TPSA) is 58.6 Å². The van der Waals surface area contributed by atoms with Gasteiger partial charge in [0.1, 0.15) is 11.8 Å². The van der Waals surface area contributed by atoms with Gasteiger partial charge in [-0.3, -0.25) is 9.59 Å². The molecule has 5 nitrogen and oxygen atoms in total. The van der Waals surface area contributed by atoms with E-state index in [1.54, 1.807) is 26.0 Å². The Morgan fingerprint density at radius 1 is 1.18 bits per heavy atom. The number of benzene rings is 2. The van der Waals surface area contributed by atoms with Gasteiger partial charge in [0.25, 0.3) is 0 Å². The summed E-state index contributed by atoms with van der Waals surface area (Å²) in [5.41, 5.74) is 2.00. The summed E-state index contributed by atoms with van der Waals surface area (Å²) in [4.78, 5) is 26.6. The lowest BCUT2D eigenvalue weighted by Crippen LogP contribution is -2.47. The summed E-state index contributed by atoms with van der Waals surface area (Å²) >= 11 is 7.51. The number of carbonyl (C=O) groups is 2. The van der Waals surface area contributed by atoms with Crippen LogP contribution in [0, 0.1) is 0 Å². The fourth-order valence-corrected chi connectivity index (χ4v) is 3.76. The van der Waals surface area contributed by atoms with Crippen LogP contribution in [0.1, 0.15) is 18.1 Å². The highest BCUT2D eigenvalue weighted by Crippen LogP contribution is 2.19. The molecule has 0 aliphatic rings. The monoisotopic (exact) mass is 420 g/mol. The third-order valence-electron chi connectivity index (χ3n) is 4.31. The fraction of sp³-hybridized carbons (Fsp3) is 0.333. The standard InChI is InChI=1S/C21H25ClN2O3S/c1-15(21(26)23-2)24(12-16-7-9-19(27-3)10-8-16)20(25)14-28-13-17-5-4-6-18(22)11-17/h4-11,15H,12-14H2,1-3H3,(H,23,26). The molecular weight excluding hydrogens is 396 g/mol. The zero-order valence-corrected chi connectivity index (χ0v) is 17.8. The molecule has 0 fully saturated rings. The van der Waals surface area contributed by atoms with Crippen LogP contribution in [0.5, 0.6) is 5.75 Å². The molecule has 2 rings (SSSR count). The molecular formula is C21H25ClN2O3S. The molecule has 0 spiro atoms. The predicted molar refractivity (Wildman–Crippen MR) is 115 cm³/mol. The number of methoxy groups -OCH3 is 1. The summed E-state index contributed by atoms with van der Waals surface area (Å²) in [6.45, 7) is 2.09. The zero-order valence-electron chi connectivity index (χ0n) is 16.3. The third kappa shape index (κ3) is 6.46. The molecule has 2 amide bonds. The number of nitrogens with one attached hydrogen (secondary N) is 1. The number of carbonyl (C=O) groups excluding carboxylic acids is 2. The minimum Gasteiger partial charge on any atom is -0.497 e. The van der Waals surface area contributed by atoms with Gasteiger partial charge < -0.3 is 15.0 Å². The van der Waals surface area contributed by atoms with E-state index in [1.807, 2.05) is 48.5 Å². The summed E-state index contributed by atoms with van der Waals surface area (Å²) in [6, 6.07) is 14.5. The Labute approximate surface area is 175 Å². The van der Waals surface area contributed by atoms with Gasteiger partial charge in [-0.1, -0.05) is 35.9 Å². The lowest BCUT2D eigenvalue weighted by molar-refractivity contribution is -0.138. The summed E-state index contributed by atoms with van der Waals surface area (Å²) < 4.78 is 5.17. The van der Waals surface area contributed by atoms with Crippen LogP contribution in [0.4, 0.5) is 0 Å². The Kier molecular flexibility index (Phi) is 8.67. The molecule has 1 unspecified atom stereocenters. The van der Waals surface area contributed by atoms with Crippen molar-refractivity contribution in [2.24, 2.45) is 0 Å². The van der Waals surface area contributed by atoms with E-state index in [-0.39, 0.29) is 17.6 Å². The molecule has 0 aliphatic carbocycles.